The van der Waals surface area contributed by atoms with Crippen molar-refractivity contribution >= 4 is 55.7 Å². The predicted molar refractivity (Wildman–Crippen MR) is 116 cm³/mol. The Hall–Kier alpha value is -2.71. The minimum atomic E-state index is -0.448. The summed E-state index contributed by atoms with van der Waals surface area (Å²) in [4.78, 5) is 16.7. The smallest absolute Gasteiger partial charge is 0.283 e. The number of thioether (sulfide) groups is 1. The third kappa shape index (κ3) is 3.41. The Morgan fingerprint density at radius 3 is 2.79 bits per heavy atom. The standard InChI is InChI=1S/C20H15BrN4O2S/c1-11-4-3-5-13(8-11)19-24-25-17(22)14(18(26)23-20(25)28-19)9-12-6-7-16(27-2)15(21)10-12/h3-10,22H,1-2H3/b14-9+,22-17?. The Kier molecular flexibility index (Phi) is 4.91. The quantitative estimate of drug-likeness (QED) is 0.695. The lowest BCUT2D eigenvalue weighted by atomic mass is 10.1. The van der Waals surface area contributed by atoms with E-state index in [0.717, 1.165) is 21.2 Å². The average Bonchev–Trinajstić information content (AvgIpc) is 3.09. The second-order valence-corrected chi connectivity index (χ2v) is 8.00. The van der Waals surface area contributed by atoms with Crippen LogP contribution in [0.5, 0.6) is 5.75 Å². The van der Waals surface area contributed by atoms with Crippen LogP contribution in [-0.2, 0) is 4.79 Å². The van der Waals surface area contributed by atoms with Gasteiger partial charge < -0.3 is 4.74 Å². The molecule has 2 aromatic carbocycles. The molecule has 2 aliphatic rings. The monoisotopic (exact) mass is 454 g/mol. The van der Waals surface area contributed by atoms with E-state index in [2.05, 4.69) is 26.0 Å². The predicted octanol–water partition coefficient (Wildman–Crippen LogP) is 4.43. The summed E-state index contributed by atoms with van der Waals surface area (Å²) < 4.78 is 5.99. The van der Waals surface area contributed by atoms with Crippen molar-refractivity contribution in [2.75, 3.05) is 7.11 Å². The van der Waals surface area contributed by atoms with Crippen LogP contribution < -0.4 is 4.74 Å². The number of amides is 1. The molecule has 0 aromatic heterocycles. The average molecular weight is 455 g/mol. The molecule has 0 atom stereocenters. The summed E-state index contributed by atoms with van der Waals surface area (Å²) in [5.74, 6) is 0.254. The van der Waals surface area contributed by atoms with Gasteiger partial charge in [0, 0.05) is 5.56 Å². The molecule has 4 rings (SSSR count). The Balaban J connectivity index is 1.68. The maximum absolute atomic E-state index is 12.5. The Morgan fingerprint density at radius 2 is 2.07 bits per heavy atom. The molecule has 0 aliphatic carbocycles. The lowest BCUT2D eigenvalue weighted by molar-refractivity contribution is -0.114. The highest BCUT2D eigenvalue weighted by Gasteiger charge is 2.36. The molecular weight excluding hydrogens is 440 g/mol. The van der Waals surface area contributed by atoms with Gasteiger partial charge in [-0.15, -0.1) is 0 Å². The van der Waals surface area contributed by atoms with E-state index in [0.29, 0.717) is 16.0 Å². The van der Waals surface area contributed by atoms with E-state index >= 15 is 0 Å². The van der Waals surface area contributed by atoms with Gasteiger partial charge in [0.2, 0.25) is 5.17 Å². The van der Waals surface area contributed by atoms with Crippen molar-refractivity contribution in [3.63, 3.8) is 0 Å². The molecular formula is C20H15BrN4O2S. The highest BCUT2D eigenvalue weighted by molar-refractivity contribution is 9.10. The number of hydrazone groups is 1. The molecule has 2 aromatic rings. The number of nitrogens with one attached hydrogen (secondary N) is 1. The lowest BCUT2D eigenvalue weighted by Crippen LogP contribution is -2.35. The van der Waals surface area contributed by atoms with Crippen molar-refractivity contribution in [2.45, 2.75) is 6.92 Å². The molecule has 2 heterocycles. The number of hydrogen-bond acceptors (Lipinski definition) is 5. The molecule has 1 N–H and O–H groups in total. The summed E-state index contributed by atoms with van der Waals surface area (Å²) in [6, 6.07) is 13.4. The molecule has 140 valence electrons. The van der Waals surface area contributed by atoms with E-state index < -0.39 is 5.91 Å². The van der Waals surface area contributed by atoms with Crippen LogP contribution in [0.15, 0.2) is 62.6 Å². The number of benzene rings is 2. The number of methoxy groups -OCH3 is 1. The molecule has 6 nitrogen and oxygen atoms in total. The minimum absolute atomic E-state index is 0.0112. The Morgan fingerprint density at radius 1 is 1.25 bits per heavy atom. The number of nitrogens with zero attached hydrogens (tertiary/aromatic N) is 3. The van der Waals surface area contributed by atoms with Crippen molar-refractivity contribution in [1.29, 1.82) is 5.41 Å². The summed E-state index contributed by atoms with van der Waals surface area (Å²) in [5, 5.41) is 15.5. The normalized spacial score (nSPS) is 17.5. The van der Waals surface area contributed by atoms with Gasteiger partial charge in [-0.3, -0.25) is 10.2 Å². The van der Waals surface area contributed by atoms with Crippen molar-refractivity contribution in [1.82, 2.24) is 5.01 Å². The molecule has 0 spiro atoms. The molecule has 0 bridgehead atoms. The highest BCUT2D eigenvalue weighted by atomic mass is 79.9. The summed E-state index contributed by atoms with van der Waals surface area (Å²) >= 11 is 4.72. The summed E-state index contributed by atoms with van der Waals surface area (Å²) in [6.45, 7) is 2.01. The molecule has 0 saturated heterocycles. The molecule has 8 heteroatoms. The molecule has 28 heavy (non-hydrogen) atoms. The van der Waals surface area contributed by atoms with Gasteiger partial charge >= 0.3 is 0 Å². The van der Waals surface area contributed by atoms with Gasteiger partial charge in [0.1, 0.15) is 10.8 Å². The molecule has 0 saturated carbocycles. The number of hydrogen-bond donors (Lipinski definition) is 1. The van der Waals surface area contributed by atoms with Gasteiger partial charge in [-0.2, -0.15) is 15.1 Å². The Bertz CT molecular complexity index is 1110. The second kappa shape index (κ2) is 7.37. The number of halogens is 1. The first-order valence-electron chi connectivity index (χ1n) is 8.37. The van der Waals surface area contributed by atoms with E-state index in [1.165, 1.54) is 16.8 Å². The van der Waals surface area contributed by atoms with E-state index in [-0.39, 0.29) is 11.4 Å². The first kappa shape index (κ1) is 18.6. The van der Waals surface area contributed by atoms with E-state index in [1.807, 2.05) is 43.3 Å². The number of aliphatic imine (C=N–C) groups is 1. The maximum Gasteiger partial charge on any atom is 0.283 e. The molecule has 1 amide bonds. The van der Waals surface area contributed by atoms with Crippen LogP contribution in [0, 0.1) is 12.3 Å². The van der Waals surface area contributed by atoms with Crippen molar-refractivity contribution < 1.29 is 9.53 Å². The summed E-state index contributed by atoms with van der Waals surface area (Å²) in [6.07, 6.45) is 1.64. The van der Waals surface area contributed by atoms with Gasteiger partial charge in [0.15, 0.2) is 5.84 Å². The zero-order valence-electron chi connectivity index (χ0n) is 15.1. The number of ether oxygens (including phenoxy) is 1. The van der Waals surface area contributed by atoms with Crippen molar-refractivity contribution in [3.8, 4) is 5.75 Å². The van der Waals surface area contributed by atoms with Crippen LogP contribution in [0.3, 0.4) is 0 Å². The van der Waals surface area contributed by atoms with Gasteiger partial charge in [0.25, 0.3) is 5.91 Å². The van der Waals surface area contributed by atoms with E-state index in [1.54, 1.807) is 19.3 Å². The first-order chi connectivity index (χ1) is 13.5. The second-order valence-electron chi connectivity index (χ2n) is 6.19. The molecule has 0 radical (unpaired) electrons. The zero-order chi connectivity index (χ0) is 19.8. The van der Waals surface area contributed by atoms with E-state index in [4.69, 9.17) is 10.1 Å². The molecule has 0 unspecified atom stereocenters. The fourth-order valence-corrected chi connectivity index (χ4v) is 4.27. The number of carbonyl (C=O) groups is 1. The first-order valence-corrected chi connectivity index (χ1v) is 9.98. The fraction of sp³-hybridized carbons (Fsp3) is 0.100. The number of carbonyl (C=O) groups excluding carboxylic acids is 1. The third-order valence-electron chi connectivity index (χ3n) is 4.21. The van der Waals surface area contributed by atoms with Crippen LogP contribution in [-0.4, -0.2) is 34.1 Å². The van der Waals surface area contributed by atoms with Crippen LogP contribution in [0.25, 0.3) is 6.08 Å². The zero-order valence-corrected chi connectivity index (χ0v) is 17.5. The number of aryl methyl sites for hydroxylation is 1. The minimum Gasteiger partial charge on any atom is -0.496 e. The lowest BCUT2D eigenvalue weighted by Gasteiger charge is -2.20. The van der Waals surface area contributed by atoms with Crippen LogP contribution in [0.4, 0.5) is 0 Å². The summed E-state index contributed by atoms with van der Waals surface area (Å²) in [7, 11) is 1.59. The topological polar surface area (TPSA) is 78.1 Å². The Labute approximate surface area is 174 Å². The number of fused-ring (bicyclic) bond motifs is 1. The van der Waals surface area contributed by atoms with Gasteiger partial charge in [-0.25, -0.2) is 0 Å². The van der Waals surface area contributed by atoms with E-state index in [9.17, 15) is 4.79 Å². The molecule has 2 aliphatic heterocycles. The van der Waals surface area contributed by atoms with Gasteiger partial charge in [-0.05, 0) is 64.5 Å². The number of amidine groups is 2. The summed E-state index contributed by atoms with van der Waals surface area (Å²) in [5.41, 5.74) is 3.00. The SMILES string of the molecule is COc1ccc(/C=C2\C(=N)N3N=C(c4cccc(C)c4)SC3=NC2=O)cc1Br. The molecule has 0 fully saturated rings. The third-order valence-corrected chi connectivity index (χ3v) is 5.78. The van der Waals surface area contributed by atoms with Crippen LogP contribution in [0.1, 0.15) is 16.7 Å². The fourth-order valence-electron chi connectivity index (χ4n) is 2.83. The largest absolute Gasteiger partial charge is 0.496 e. The number of rotatable bonds is 3. The highest BCUT2D eigenvalue weighted by Crippen LogP contribution is 2.32. The van der Waals surface area contributed by atoms with Crippen LogP contribution >= 0.6 is 27.7 Å². The van der Waals surface area contributed by atoms with Gasteiger partial charge in [0.05, 0.1) is 17.2 Å². The van der Waals surface area contributed by atoms with Crippen molar-refractivity contribution in [2.24, 2.45) is 10.1 Å². The van der Waals surface area contributed by atoms with Crippen LogP contribution in [0.2, 0.25) is 0 Å². The van der Waals surface area contributed by atoms with Gasteiger partial charge in [-0.1, -0.05) is 29.8 Å². The maximum atomic E-state index is 12.5. The van der Waals surface area contributed by atoms with Crippen molar-refractivity contribution in [3.05, 3.63) is 69.2 Å².